The van der Waals surface area contributed by atoms with Gasteiger partial charge in [-0.05, 0) is 18.2 Å². The normalized spacial score (nSPS) is 10.5. The maximum absolute atomic E-state index is 13.2. The van der Waals surface area contributed by atoms with Gasteiger partial charge in [0.15, 0.2) is 5.69 Å². The topological polar surface area (TPSA) is 112 Å². The standard InChI is InChI=1S/C11H13FN6OS/c12-8-5-7(1-2-9(8)13)20-4-3-18-6-10(16-17-18)11(19)15-14/h1-2,5-6H,3-4,13-14H2,(H,15,19). The SMILES string of the molecule is NNC(=O)c1cn(CCSc2ccc(N)c(F)c2)nn1. The second kappa shape index (κ2) is 6.35. The second-order valence-corrected chi connectivity index (χ2v) is 5.04. The van der Waals surface area contributed by atoms with Crippen LogP contribution in [0.4, 0.5) is 10.1 Å². The number of rotatable bonds is 5. The first-order chi connectivity index (χ1) is 9.60. The second-order valence-electron chi connectivity index (χ2n) is 3.87. The number of nitrogens with two attached hydrogens (primary N) is 2. The summed E-state index contributed by atoms with van der Waals surface area (Å²) in [6.07, 6.45) is 1.49. The van der Waals surface area contributed by atoms with Gasteiger partial charge in [-0.2, -0.15) is 0 Å². The van der Waals surface area contributed by atoms with Crippen LogP contribution in [0.5, 0.6) is 0 Å². The van der Waals surface area contributed by atoms with Gasteiger partial charge in [0.05, 0.1) is 18.4 Å². The zero-order valence-corrected chi connectivity index (χ0v) is 11.2. The zero-order chi connectivity index (χ0) is 14.5. The average molecular weight is 296 g/mol. The summed E-state index contributed by atoms with van der Waals surface area (Å²) in [5.41, 5.74) is 7.65. The summed E-state index contributed by atoms with van der Waals surface area (Å²) in [7, 11) is 0. The van der Waals surface area contributed by atoms with E-state index in [4.69, 9.17) is 11.6 Å². The molecule has 0 saturated carbocycles. The van der Waals surface area contributed by atoms with Crippen LogP contribution in [0, 0.1) is 5.82 Å². The van der Waals surface area contributed by atoms with Gasteiger partial charge in [0.2, 0.25) is 0 Å². The predicted octanol–water partition coefficient (Wildman–Crippen LogP) is 0.395. The number of aryl methyl sites for hydroxylation is 1. The van der Waals surface area contributed by atoms with Crippen LogP contribution in [0.2, 0.25) is 0 Å². The molecule has 1 amide bonds. The number of amides is 1. The number of hydrogen-bond donors (Lipinski definition) is 3. The molecule has 0 radical (unpaired) electrons. The number of halogens is 1. The van der Waals surface area contributed by atoms with Gasteiger partial charge in [-0.3, -0.25) is 14.9 Å². The number of carbonyl (C=O) groups excluding carboxylic acids is 1. The fourth-order valence-electron chi connectivity index (χ4n) is 1.44. The Morgan fingerprint density at radius 3 is 3.00 bits per heavy atom. The van der Waals surface area contributed by atoms with E-state index in [1.807, 2.05) is 5.43 Å². The van der Waals surface area contributed by atoms with Gasteiger partial charge >= 0.3 is 0 Å². The van der Waals surface area contributed by atoms with Crippen molar-refractivity contribution in [1.29, 1.82) is 0 Å². The van der Waals surface area contributed by atoms with Crippen LogP contribution in [0.1, 0.15) is 10.5 Å². The molecular formula is C11H13FN6OS. The van der Waals surface area contributed by atoms with Crippen molar-refractivity contribution in [3.63, 3.8) is 0 Å². The van der Waals surface area contributed by atoms with E-state index in [9.17, 15) is 9.18 Å². The average Bonchev–Trinajstić information content (AvgIpc) is 2.91. The Kier molecular flexibility index (Phi) is 4.53. The number of nitrogens with zero attached hydrogens (tertiary/aromatic N) is 3. The third-order valence-electron chi connectivity index (χ3n) is 2.46. The molecule has 0 fully saturated rings. The van der Waals surface area contributed by atoms with Crippen molar-refractivity contribution in [2.45, 2.75) is 11.4 Å². The van der Waals surface area contributed by atoms with E-state index in [1.54, 1.807) is 6.07 Å². The van der Waals surface area contributed by atoms with Gasteiger partial charge in [-0.15, -0.1) is 16.9 Å². The van der Waals surface area contributed by atoms with Gasteiger partial charge < -0.3 is 5.73 Å². The molecule has 0 aliphatic heterocycles. The van der Waals surface area contributed by atoms with Crippen LogP contribution < -0.4 is 17.0 Å². The van der Waals surface area contributed by atoms with E-state index < -0.39 is 11.7 Å². The van der Waals surface area contributed by atoms with Gasteiger partial charge in [0, 0.05) is 10.6 Å². The maximum Gasteiger partial charge on any atom is 0.287 e. The lowest BCUT2D eigenvalue weighted by Crippen LogP contribution is -2.30. The molecule has 0 aliphatic carbocycles. The molecule has 106 valence electrons. The number of carbonyl (C=O) groups is 1. The summed E-state index contributed by atoms with van der Waals surface area (Å²) in [6.45, 7) is 0.529. The first-order valence-electron chi connectivity index (χ1n) is 5.69. The highest BCUT2D eigenvalue weighted by molar-refractivity contribution is 7.99. The van der Waals surface area contributed by atoms with Crippen LogP contribution in [0.3, 0.4) is 0 Å². The van der Waals surface area contributed by atoms with Gasteiger partial charge in [-0.25, -0.2) is 10.2 Å². The number of nitrogen functional groups attached to an aromatic ring is 2. The molecule has 0 bridgehead atoms. The molecule has 2 aromatic rings. The van der Waals surface area contributed by atoms with Crippen molar-refractivity contribution < 1.29 is 9.18 Å². The van der Waals surface area contributed by atoms with Crippen molar-refractivity contribution in [3.8, 4) is 0 Å². The largest absolute Gasteiger partial charge is 0.396 e. The smallest absolute Gasteiger partial charge is 0.287 e. The lowest BCUT2D eigenvalue weighted by Gasteiger charge is -2.03. The fourth-order valence-corrected chi connectivity index (χ4v) is 2.31. The highest BCUT2D eigenvalue weighted by atomic mass is 32.2. The van der Waals surface area contributed by atoms with Crippen LogP contribution in [0.15, 0.2) is 29.3 Å². The minimum Gasteiger partial charge on any atom is -0.396 e. The first kappa shape index (κ1) is 14.3. The van der Waals surface area contributed by atoms with E-state index in [-0.39, 0.29) is 11.4 Å². The molecule has 0 saturated heterocycles. The monoisotopic (exact) mass is 296 g/mol. The molecule has 1 heterocycles. The minimum atomic E-state index is -0.496. The molecule has 2 rings (SSSR count). The van der Waals surface area contributed by atoms with Crippen molar-refractivity contribution in [1.82, 2.24) is 20.4 Å². The van der Waals surface area contributed by atoms with E-state index >= 15 is 0 Å². The Morgan fingerprint density at radius 1 is 1.50 bits per heavy atom. The third kappa shape index (κ3) is 3.45. The summed E-state index contributed by atoms with van der Waals surface area (Å²) in [5.74, 6) is 4.71. The maximum atomic E-state index is 13.2. The molecule has 20 heavy (non-hydrogen) atoms. The van der Waals surface area contributed by atoms with E-state index in [1.165, 1.54) is 34.8 Å². The molecular weight excluding hydrogens is 283 g/mol. The fraction of sp³-hybridized carbons (Fsp3) is 0.182. The predicted molar refractivity (Wildman–Crippen MR) is 73.2 cm³/mol. The Balaban J connectivity index is 1.88. The zero-order valence-electron chi connectivity index (χ0n) is 10.4. The lowest BCUT2D eigenvalue weighted by molar-refractivity contribution is 0.0948. The summed E-state index contributed by atoms with van der Waals surface area (Å²) in [4.78, 5) is 12.0. The minimum absolute atomic E-state index is 0.128. The molecule has 0 spiro atoms. The number of nitrogens with one attached hydrogen (secondary N) is 1. The summed E-state index contributed by atoms with van der Waals surface area (Å²) in [6, 6.07) is 4.66. The Hall–Kier alpha value is -2.13. The van der Waals surface area contributed by atoms with Gasteiger partial charge in [0.1, 0.15) is 5.82 Å². The lowest BCUT2D eigenvalue weighted by atomic mass is 10.3. The van der Waals surface area contributed by atoms with Gasteiger partial charge in [0.25, 0.3) is 5.91 Å². The van der Waals surface area contributed by atoms with Gasteiger partial charge in [-0.1, -0.05) is 5.21 Å². The van der Waals surface area contributed by atoms with Crippen molar-refractivity contribution >= 4 is 23.4 Å². The summed E-state index contributed by atoms with van der Waals surface area (Å²) in [5, 5.41) is 7.46. The Morgan fingerprint density at radius 2 is 2.30 bits per heavy atom. The molecule has 0 atom stereocenters. The molecule has 5 N–H and O–H groups in total. The quantitative estimate of drug-likeness (QED) is 0.242. The molecule has 0 unspecified atom stereocenters. The number of aromatic nitrogens is 3. The summed E-state index contributed by atoms with van der Waals surface area (Å²) < 4.78 is 14.8. The summed E-state index contributed by atoms with van der Waals surface area (Å²) >= 11 is 1.45. The number of hydrazine groups is 1. The van der Waals surface area contributed by atoms with E-state index in [0.717, 1.165) is 4.90 Å². The van der Waals surface area contributed by atoms with Crippen molar-refractivity contribution in [2.75, 3.05) is 11.5 Å². The Labute approximate surface area is 118 Å². The molecule has 1 aromatic heterocycles. The van der Waals surface area contributed by atoms with E-state index in [0.29, 0.717) is 12.3 Å². The third-order valence-corrected chi connectivity index (χ3v) is 3.44. The molecule has 7 nitrogen and oxygen atoms in total. The molecule has 9 heteroatoms. The molecule has 1 aromatic carbocycles. The number of thioether (sulfide) groups is 1. The Bertz CT molecular complexity index is 617. The number of hydrogen-bond acceptors (Lipinski definition) is 6. The van der Waals surface area contributed by atoms with Crippen LogP contribution in [0.25, 0.3) is 0 Å². The highest BCUT2D eigenvalue weighted by Crippen LogP contribution is 2.21. The van der Waals surface area contributed by atoms with Crippen molar-refractivity contribution in [3.05, 3.63) is 35.9 Å². The number of benzene rings is 1. The van der Waals surface area contributed by atoms with Crippen LogP contribution >= 0.6 is 11.8 Å². The molecule has 0 aliphatic rings. The highest BCUT2D eigenvalue weighted by Gasteiger charge is 2.08. The van der Waals surface area contributed by atoms with Crippen LogP contribution in [-0.2, 0) is 6.54 Å². The van der Waals surface area contributed by atoms with Crippen LogP contribution in [-0.4, -0.2) is 26.7 Å². The first-order valence-corrected chi connectivity index (χ1v) is 6.67. The van der Waals surface area contributed by atoms with E-state index in [2.05, 4.69) is 10.3 Å². The van der Waals surface area contributed by atoms with Crippen molar-refractivity contribution in [2.24, 2.45) is 5.84 Å². The number of anilines is 1.